The molecule has 0 saturated heterocycles. The average molecular weight is 514 g/mol. The number of ether oxygens (including phenoxy) is 6. The molecule has 0 unspecified atom stereocenters. The second-order valence-corrected chi connectivity index (χ2v) is 7.99. The number of hydrogen-bond donors (Lipinski definition) is 0. The van der Waals surface area contributed by atoms with Gasteiger partial charge in [-0.1, -0.05) is 20.1 Å². The fourth-order valence-corrected chi connectivity index (χ4v) is 3.80. The van der Waals surface area contributed by atoms with E-state index in [0.717, 1.165) is 0 Å². The number of carbonyl (C=O) groups is 2. The van der Waals surface area contributed by atoms with Gasteiger partial charge in [0.25, 0.3) is 0 Å². The third-order valence-electron chi connectivity index (χ3n) is 5.78. The van der Waals surface area contributed by atoms with Crippen LogP contribution in [0, 0.1) is 0 Å². The topological polar surface area (TPSA) is 92.8 Å². The van der Waals surface area contributed by atoms with Crippen molar-refractivity contribution in [3.05, 3.63) is 59.7 Å². The highest BCUT2D eigenvalue weighted by Gasteiger charge is 2.25. The van der Waals surface area contributed by atoms with Gasteiger partial charge < -0.3 is 28.4 Å². The lowest BCUT2D eigenvalue weighted by Crippen LogP contribution is -2.31. The van der Waals surface area contributed by atoms with Crippen LogP contribution in [-0.4, -0.2) is 78.8 Å². The van der Waals surface area contributed by atoms with E-state index in [1.807, 2.05) is 11.8 Å². The van der Waals surface area contributed by atoms with Crippen LogP contribution in [-0.2, 0) is 0 Å². The highest BCUT2D eigenvalue weighted by atomic mass is 16.5. The Morgan fingerprint density at radius 2 is 1.03 bits per heavy atom. The number of ketones is 2. The van der Waals surface area contributed by atoms with Crippen LogP contribution in [0.25, 0.3) is 0 Å². The van der Waals surface area contributed by atoms with Crippen molar-refractivity contribution in [1.82, 2.24) is 4.90 Å². The number of methoxy groups -OCH3 is 6. The minimum absolute atomic E-state index is 0.197. The minimum Gasteiger partial charge on any atom is -0.497 e. The summed E-state index contributed by atoms with van der Waals surface area (Å²) in [7, 11) is 8.88. The molecular weight excluding hydrogens is 478 g/mol. The van der Waals surface area contributed by atoms with Crippen LogP contribution in [0.1, 0.15) is 27.6 Å². The van der Waals surface area contributed by atoms with Crippen molar-refractivity contribution >= 4 is 11.6 Å². The largest absolute Gasteiger partial charge is 0.497 e. The van der Waals surface area contributed by atoms with Crippen molar-refractivity contribution in [3.8, 4) is 34.5 Å². The number of Topliss-reactive ketones (excluding diaryl/α,β-unsaturated/α-hetero) is 2. The quantitative estimate of drug-likeness (QED) is 0.256. The van der Waals surface area contributed by atoms with Crippen molar-refractivity contribution < 1.29 is 38.0 Å². The summed E-state index contributed by atoms with van der Waals surface area (Å²) in [6, 6.07) is 6.43. The van der Waals surface area contributed by atoms with Gasteiger partial charge in [-0.25, -0.2) is 0 Å². The van der Waals surface area contributed by atoms with Crippen LogP contribution in [0.4, 0.5) is 0 Å². The van der Waals surface area contributed by atoms with Crippen LogP contribution >= 0.6 is 0 Å². The number of hydrogen-bond acceptors (Lipinski definition) is 9. The highest BCUT2D eigenvalue weighted by Crippen LogP contribution is 2.38. The fourth-order valence-electron chi connectivity index (χ4n) is 3.80. The zero-order valence-electron chi connectivity index (χ0n) is 22.6. The van der Waals surface area contributed by atoms with Crippen molar-refractivity contribution in [2.24, 2.45) is 0 Å². The number of likely N-dealkylation sites (N-methyl/N-ethyl adjacent to an activating group) is 1. The van der Waals surface area contributed by atoms with E-state index in [0.29, 0.717) is 40.7 Å². The molecule has 0 spiro atoms. The van der Waals surface area contributed by atoms with E-state index >= 15 is 0 Å². The van der Waals surface area contributed by atoms with E-state index in [2.05, 4.69) is 13.2 Å². The lowest BCUT2D eigenvalue weighted by Gasteiger charge is -2.23. The van der Waals surface area contributed by atoms with Gasteiger partial charge in [0.05, 0.1) is 53.8 Å². The Kier molecular flexibility index (Phi) is 10.6. The van der Waals surface area contributed by atoms with Gasteiger partial charge in [-0.2, -0.15) is 0 Å². The van der Waals surface area contributed by atoms with E-state index in [-0.39, 0.29) is 47.3 Å². The third kappa shape index (κ3) is 6.62. The maximum atomic E-state index is 13.3. The summed E-state index contributed by atoms with van der Waals surface area (Å²) in [5, 5.41) is 0. The molecule has 0 saturated carbocycles. The van der Waals surface area contributed by atoms with Gasteiger partial charge in [0, 0.05) is 36.4 Å². The molecule has 0 heterocycles. The predicted molar refractivity (Wildman–Crippen MR) is 141 cm³/mol. The lowest BCUT2D eigenvalue weighted by atomic mass is 10.0. The van der Waals surface area contributed by atoms with Crippen LogP contribution in [0.3, 0.4) is 0 Å². The maximum Gasteiger partial charge on any atom is 0.193 e. The highest BCUT2D eigenvalue weighted by molar-refractivity contribution is 6.12. The summed E-state index contributed by atoms with van der Waals surface area (Å²) >= 11 is 0. The molecule has 0 radical (unpaired) electrons. The van der Waals surface area contributed by atoms with Crippen molar-refractivity contribution in [1.29, 1.82) is 0 Å². The maximum absolute atomic E-state index is 13.3. The van der Waals surface area contributed by atoms with E-state index in [1.54, 1.807) is 24.3 Å². The van der Waals surface area contributed by atoms with Crippen LogP contribution in [0.2, 0.25) is 0 Å². The van der Waals surface area contributed by atoms with Crippen LogP contribution in [0.5, 0.6) is 34.5 Å². The summed E-state index contributed by atoms with van der Waals surface area (Å²) < 4.78 is 32.1. The van der Waals surface area contributed by atoms with Gasteiger partial charge in [0.1, 0.15) is 11.5 Å². The van der Waals surface area contributed by atoms with Gasteiger partial charge >= 0.3 is 0 Å². The Hall–Kier alpha value is -3.98. The van der Waals surface area contributed by atoms with E-state index in [9.17, 15) is 9.59 Å². The summed E-state index contributed by atoms with van der Waals surface area (Å²) in [6.07, 6.45) is 0. The Labute approximate surface area is 218 Å². The van der Waals surface area contributed by atoms with Gasteiger partial charge in [-0.15, -0.1) is 0 Å². The third-order valence-corrected chi connectivity index (χ3v) is 5.78. The molecule has 0 aliphatic heterocycles. The molecule has 0 atom stereocenters. The molecule has 2 aromatic rings. The summed E-state index contributed by atoms with van der Waals surface area (Å²) in [5.74, 6) is 1.55. The molecular formula is C28H35NO8. The lowest BCUT2D eigenvalue weighted by molar-refractivity contribution is 0.101. The summed E-state index contributed by atoms with van der Waals surface area (Å²) in [6.45, 7) is 10.8. The molecule has 37 heavy (non-hydrogen) atoms. The van der Waals surface area contributed by atoms with Crippen molar-refractivity contribution in [2.45, 2.75) is 6.92 Å². The molecule has 0 amide bonds. The van der Waals surface area contributed by atoms with Gasteiger partial charge in [0.2, 0.25) is 0 Å². The van der Waals surface area contributed by atoms with E-state index < -0.39 is 0 Å². The number of carbonyl (C=O) groups excluding carboxylic acids is 2. The first-order valence-corrected chi connectivity index (χ1v) is 11.5. The standard InChI is InChI=1S/C28H35NO8/c1-10-29(15-17(2)25(30)21-11-19(32-4)13-23(34-6)27(21)36-8)16-18(3)26(31)22-12-20(33-5)14-24(35-7)28(22)37-9/h11-14H,2-3,10,15-16H2,1,4-9H3. The SMILES string of the molecule is C=C(CN(CC)CC(=C)C(=O)c1cc(OC)cc(OC)c1OC)C(=O)c1cc(OC)cc(OC)c1OC. The molecule has 9 heteroatoms. The fraction of sp³-hybridized carbons (Fsp3) is 0.357. The second-order valence-electron chi connectivity index (χ2n) is 7.99. The minimum atomic E-state index is -0.330. The summed E-state index contributed by atoms with van der Waals surface area (Å²) in [5.41, 5.74) is 1.14. The Morgan fingerprint density at radius 3 is 1.30 bits per heavy atom. The normalized spacial score (nSPS) is 10.5. The second kappa shape index (κ2) is 13.4. The van der Waals surface area contributed by atoms with Gasteiger partial charge in [-0.3, -0.25) is 14.5 Å². The molecule has 0 N–H and O–H groups in total. The van der Waals surface area contributed by atoms with Crippen LogP contribution < -0.4 is 28.4 Å². The molecule has 0 bridgehead atoms. The molecule has 200 valence electrons. The van der Waals surface area contributed by atoms with Crippen LogP contribution in [0.15, 0.2) is 48.6 Å². The number of rotatable bonds is 15. The first-order chi connectivity index (χ1) is 17.7. The zero-order chi connectivity index (χ0) is 27.7. The Morgan fingerprint density at radius 1 is 0.649 bits per heavy atom. The van der Waals surface area contributed by atoms with Gasteiger partial charge in [-0.05, 0) is 18.7 Å². The molecule has 9 nitrogen and oxygen atoms in total. The molecule has 0 fully saturated rings. The first-order valence-electron chi connectivity index (χ1n) is 11.5. The summed E-state index contributed by atoms with van der Waals surface area (Å²) in [4.78, 5) is 28.5. The number of nitrogens with zero attached hydrogens (tertiary/aromatic N) is 1. The Bertz CT molecular complexity index is 1080. The molecule has 2 rings (SSSR count). The number of benzene rings is 2. The molecule has 0 aromatic heterocycles. The zero-order valence-corrected chi connectivity index (χ0v) is 22.6. The van der Waals surface area contributed by atoms with Gasteiger partial charge in [0.15, 0.2) is 34.6 Å². The molecule has 0 aliphatic rings. The van der Waals surface area contributed by atoms with Crippen molar-refractivity contribution in [3.63, 3.8) is 0 Å². The van der Waals surface area contributed by atoms with E-state index in [4.69, 9.17) is 28.4 Å². The van der Waals surface area contributed by atoms with Crippen molar-refractivity contribution in [2.75, 3.05) is 62.3 Å². The van der Waals surface area contributed by atoms with E-state index in [1.165, 1.54) is 42.7 Å². The smallest absolute Gasteiger partial charge is 0.193 e. The Balaban J connectivity index is 2.26. The first kappa shape index (κ1) is 29.3. The monoisotopic (exact) mass is 513 g/mol. The molecule has 2 aromatic carbocycles. The average Bonchev–Trinajstić information content (AvgIpc) is 2.93. The predicted octanol–water partition coefficient (Wildman–Crippen LogP) is 4.24. The molecule has 0 aliphatic carbocycles.